The molecule has 0 aromatic rings. The maximum absolute atomic E-state index is 12.5. The summed E-state index contributed by atoms with van der Waals surface area (Å²) >= 11 is 0. The average molecular weight is 715 g/mol. The molecule has 0 saturated carbocycles. The van der Waals surface area contributed by atoms with Gasteiger partial charge >= 0.3 is 19.8 Å². The van der Waals surface area contributed by atoms with Crippen LogP contribution in [0, 0.1) is 0 Å². The van der Waals surface area contributed by atoms with E-state index in [2.05, 4.69) is 42.7 Å². The lowest BCUT2D eigenvalue weighted by Gasteiger charge is -2.19. The van der Waals surface area contributed by atoms with Crippen molar-refractivity contribution in [2.24, 2.45) is 0 Å². The van der Waals surface area contributed by atoms with Gasteiger partial charge < -0.3 is 14.4 Å². The molecule has 0 aliphatic carbocycles. The Morgan fingerprint density at radius 2 is 0.918 bits per heavy atom. The fraction of sp³-hybridized carbons (Fsp3) is 0.850. The predicted molar refractivity (Wildman–Crippen MR) is 203 cm³/mol. The number of rotatable bonds is 37. The first-order valence-corrected chi connectivity index (χ1v) is 21.5. The van der Waals surface area contributed by atoms with E-state index in [9.17, 15) is 19.0 Å². The minimum atomic E-state index is -4.26. The van der Waals surface area contributed by atoms with E-state index in [1.165, 1.54) is 89.9 Å². The van der Waals surface area contributed by atoms with Gasteiger partial charge in [-0.05, 0) is 64.2 Å². The summed E-state index contributed by atoms with van der Waals surface area (Å²) in [5, 5.41) is 0. The summed E-state index contributed by atoms with van der Waals surface area (Å²) in [5.74, 6) is -0.820. The van der Waals surface area contributed by atoms with Gasteiger partial charge in [0.2, 0.25) is 0 Å². The Bertz CT molecular complexity index is 859. The number of carbonyl (C=O) groups is 2. The minimum Gasteiger partial charge on any atom is -0.462 e. The number of hydrogen-bond acceptors (Lipinski definition) is 7. The Kier molecular flexibility index (Phi) is 35.2. The lowest BCUT2D eigenvalue weighted by atomic mass is 10.1. The molecule has 49 heavy (non-hydrogen) atoms. The van der Waals surface area contributed by atoms with E-state index >= 15 is 0 Å². The fourth-order valence-corrected chi connectivity index (χ4v) is 5.99. The molecule has 0 rings (SSSR count). The summed E-state index contributed by atoms with van der Waals surface area (Å²) in [6, 6.07) is 0. The van der Waals surface area contributed by atoms with Gasteiger partial charge in [-0.3, -0.25) is 18.6 Å². The smallest absolute Gasteiger partial charge is 0.462 e. The van der Waals surface area contributed by atoms with Crippen molar-refractivity contribution in [3.05, 3.63) is 24.3 Å². The zero-order valence-corrected chi connectivity index (χ0v) is 32.7. The molecule has 0 saturated heterocycles. The van der Waals surface area contributed by atoms with Crippen LogP contribution in [-0.4, -0.2) is 43.3 Å². The van der Waals surface area contributed by atoms with Crippen molar-refractivity contribution in [3.8, 4) is 0 Å². The third-order valence-electron chi connectivity index (χ3n) is 8.67. The fourth-order valence-electron chi connectivity index (χ4n) is 5.53. The molecule has 1 N–H and O–H groups in total. The highest BCUT2D eigenvalue weighted by Gasteiger charge is 2.24. The first-order valence-electron chi connectivity index (χ1n) is 20.0. The Morgan fingerprint density at radius 1 is 0.551 bits per heavy atom. The Labute approximate surface area is 301 Å². The summed E-state index contributed by atoms with van der Waals surface area (Å²) in [7, 11) is -3.20. The quantitative estimate of drug-likeness (QED) is 0.0293. The van der Waals surface area contributed by atoms with E-state index < -0.39 is 26.5 Å². The normalized spacial score (nSPS) is 13.6. The highest BCUT2D eigenvalue weighted by Crippen LogP contribution is 2.42. The van der Waals surface area contributed by atoms with E-state index in [0.29, 0.717) is 6.42 Å². The molecular formula is C40H75O8P. The van der Waals surface area contributed by atoms with Crippen molar-refractivity contribution < 1.29 is 37.6 Å². The zero-order chi connectivity index (χ0) is 36.1. The molecule has 0 aromatic heterocycles. The minimum absolute atomic E-state index is 0.230. The van der Waals surface area contributed by atoms with Gasteiger partial charge in [-0.2, -0.15) is 0 Å². The van der Waals surface area contributed by atoms with Gasteiger partial charge in [-0.1, -0.05) is 141 Å². The first-order chi connectivity index (χ1) is 23.8. The van der Waals surface area contributed by atoms with Gasteiger partial charge in [0.05, 0.1) is 6.61 Å². The summed E-state index contributed by atoms with van der Waals surface area (Å²) in [5.41, 5.74) is 0. The van der Waals surface area contributed by atoms with Gasteiger partial charge in [-0.15, -0.1) is 0 Å². The highest BCUT2D eigenvalue weighted by atomic mass is 31.2. The van der Waals surface area contributed by atoms with E-state index in [-0.39, 0.29) is 25.4 Å². The van der Waals surface area contributed by atoms with Crippen molar-refractivity contribution in [1.29, 1.82) is 0 Å². The maximum Gasteiger partial charge on any atom is 0.472 e. The van der Waals surface area contributed by atoms with Crippen LogP contribution >= 0.6 is 7.82 Å². The van der Waals surface area contributed by atoms with Crippen molar-refractivity contribution in [1.82, 2.24) is 0 Å². The molecule has 0 radical (unpaired) electrons. The van der Waals surface area contributed by atoms with Crippen molar-refractivity contribution in [2.75, 3.05) is 20.3 Å². The molecule has 0 heterocycles. The Morgan fingerprint density at radius 3 is 1.33 bits per heavy atom. The highest BCUT2D eigenvalue weighted by molar-refractivity contribution is 7.47. The molecule has 0 bridgehead atoms. The Balaban J connectivity index is 4.05. The second-order valence-corrected chi connectivity index (χ2v) is 15.0. The van der Waals surface area contributed by atoms with Gasteiger partial charge in [-0.25, -0.2) is 4.57 Å². The molecular weight excluding hydrogens is 639 g/mol. The number of carbonyl (C=O) groups excluding carboxylic acids is 2. The van der Waals surface area contributed by atoms with Crippen molar-refractivity contribution >= 4 is 19.8 Å². The first kappa shape index (κ1) is 47.5. The number of allylic oxidation sites excluding steroid dienone is 4. The molecule has 2 atom stereocenters. The van der Waals surface area contributed by atoms with E-state index in [1.807, 2.05) is 0 Å². The van der Waals surface area contributed by atoms with Gasteiger partial charge in [0.1, 0.15) is 6.61 Å². The molecule has 8 nitrogen and oxygen atoms in total. The number of unbranched alkanes of at least 4 members (excludes halogenated alkanes) is 22. The summed E-state index contributed by atoms with van der Waals surface area (Å²) < 4.78 is 31.9. The van der Waals surface area contributed by atoms with Crippen LogP contribution in [0.3, 0.4) is 0 Å². The third kappa shape index (κ3) is 36.1. The number of ether oxygens (including phenoxy) is 2. The molecule has 0 fully saturated rings. The van der Waals surface area contributed by atoms with E-state index in [4.69, 9.17) is 14.0 Å². The molecule has 9 heteroatoms. The maximum atomic E-state index is 12.5. The predicted octanol–water partition coefficient (Wildman–Crippen LogP) is 12.3. The van der Waals surface area contributed by atoms with Crippen LogP contribution < -0.4 is 0 Å². The summed E-state index contributed by atoms with van der Waals surface area (Å²) in [4.78, 5) is 34.4. The van der Waals surface area contributed by atoms with Crippen LogP contribution in [0.25, 0.3) is 0 Å². The molecule has 2 unspecified atom stereocenters. The number of esters is 2. The monoisotopic (exact) mass is 715 g/mol. The van der Waals surface area contributed by atoms with Crippen LogP contribution in [0.4, 0.5) is 0 Å². The standard InChI is InChI=1S/C40H75O8P/c1-4-6-8-10-12-14-16-18-20-21-23-25-27-29-31-33-35-40(42)48-38(37-47-49(43,44)45-3)36-46-39(41)34-32-30-28-26-24-22-19-17-15-13-11-9-7-5-2/h17,19-21,38H,4-16,18,22-37H2,1-3H3,(H,43,44)/b19-17-,21-20-. The lowest BCUT2D eigenvalue weighted by molar-refractivity contribution is -0.161. The van der Waals surface area contributed by atoms with Crippen molar-refractivity contribution in [2.45, 2.75) is 200 Å². The molecule has 0 aromatic carbocycles. The van der Waals surface area contributed by atoms with Crippen LogP contribution in [0.5, 0.6) is 0 Å². The third-order valence-corrected chi connectivity index (χ3v) is 9.60. The van der Waals surface area contributed by atoms with Crippen LogP contribution in [0.2, 0.25) is 0 Å². The number of phosphoric acid groups is 1. The molecule has 0 aliphatic heterocycles. The van der Waals surface area contributed by atoms with E-state index in [0.717, 1.165) is 77.7 Å². The van der Waals surface area contributed by atoms with Crippen molar-refractivity contribution in [3.63, 3.8) is 0 Å². The lowest BCUT2D eigenvalue weighted by Crippen LogP contribution is -2.29. The average Bonchev–Trinajstić information content (AvgIpc) is 3.09. The number of phosphoric ester groups is 1. The van der Waals surface area contributed by atoms with Crippen LogP contribution in [-0.2, 0) is 32.7 Å². The summed E-state index contributed by atoms with van der Waals surface area (Å²) in [6.07, 6.45) is 39.4. The van der Waals surface area contributed by atoms with Gasteiger partial charge in [0.25, 0.3) is 0 Å². The van der Waals surface area contributed by atoms with E-state index in [1.54, 1.807) is 0 Å². The second kappa shape index (κ2) is 36.3. The zero-order valence-electron chi connectivity index (χ0n) is 31.9. The molecule has 0 amide bonds. The molecule has 0 spiro atoms. The van der Waals surface area contributed by atoms with Gasteiger partial charge in [0, 0.05) is 20.0 Å². The molecule has 0 aliphatic rings. The SMILES string of the molecule is CCCCCCC/C=C\CCCCCCCC(=O)OCC(COP(=O)(O)OC)OC(=O)CCCCCCC/C=C\CCCCCCCCC. The van der Waals surface area contributed by atoms with Crippen LogP contribution in [0.1, 0.15) is 194 Å². The number of hydrogen-bond donors (Lipinski definition) is 1. The Hall–Kier alpha value is -1.47. The van der Waals surface area contributed by atoms with Crippen LogP contribution in [0.15, 0.2) is 24.3 Å². The summed E-state index contributed by atoms with van der Waals surface area (Å²) in [6.45, 7) is 3.86. The second-order valence-electron chi connectivity index (χ2n) is 13.4. The molecule has 288 valence electrons. The topological polar surface area (TPSA) is 108 Å². The van der Waals surface area contributed by atoms with Gasteiger partial charge in [0.15, 0.2) is 6.10 Å². The largest absolute Gasteiger partial charge is 0.472 e.